The molecule has 1 rings (SSSR count). The second kappa shape index (κ2) is 7.10. The largest absolute Gasteiger partial charge is 0.359 e. The fraction of sp³-hybridized carbons (Fsp3) is 0.429. The lowest BCUT2D eigenvalue weighted by molar-refractivity contribution is 1.04. The van der Waals surface area contributed by atoms with Crippen molar-refractivity contribution in [2.75, 3.05) is 0 Å². The first-order valence-corrected chi connectivity index (χ1v) is 5.59. The summed E-state index contributed by atoms with van der Waals surface area (Å²) in [7, 11) is 0. The summed E-state index contributed by atoms with van der Waals surface area (Å²) in [4.78, 5) is 0. The van der Waals surface area contributed by atoms with Crippen molar-refractivity contribution in [2.45, 2.75) is 41.0 Å². The minimum atomic E-state index is 0.981. The second-order valence-corrected chi connectivity index (χ2v) is 3.49. The maximum absolute atomic E-state index is 3.91. The van der Waals surface area contributed by atoms with Crippen molar-refractivity contribution < 1.29 is 0 Å². The van der Waals surface area contributed by atoms with E-state index in [4.69, 9.17) is 0 Å². The quantitative estimate of drug-likeness (QED) is 0.662. The zero-order valence-corrected chi connectivity index (χ0v) is 10.6. The highest BCUT2D eigenvalue weighted by Gasteiger charge is 2.10. The molecule has 1 aliphatic heterocycles. The third-order valence-electron chi connectivity index (χ3n) is 2.05. The van der Waals surface area contributed by atoms with Crippen molar-refractivity contribution in [3.63, 3.8) is 0 Å². The van der Waals surface area contributed by atoms with Crippen LogP contribution in [0.2, 0.25) is 0 Å². The summed E-state index contributed by atoms with van der Waals surface area (Å²) in [6.07, 6.45) is 7.29. The molecule has 0 aromatic carbocycles. The average Bonchev–Trinajstić information content (AvgIpc) is 2.49. The Balaban J connectivity index is 0.000000921. The fourth-order valence-electron chi connectivity index (χ4n) is 1.45. The van der Waals surface area contributed by atoms with E-state index in [1.165, 1.54) is 16.8 Å². The van der Waals surface area contributed by atoms with E-state index in [0.29, 0.717) is 0 Å². The lowest BCUT2D eigenvalue weighted by Crippen LogP contribution is -2.02. The van der Waals surface area contributed by atoms with E-state index in [1.807, 2.05) is 26.8 Å². The molecule has 0 radical (unpaired) electrons. The molecule has 0 saturated heterocycles. The maximum atomic E-state index is 3.91. The summed E-state index contributed by atoms with van der Waals surface area (Å²) in [5, 5.41) is 3.27. The van der Waals surface area contributed by atoms with E-state index in [9.17, 15) is 0 Å². The highest BCUT2D eigenvalue weighted by atomic mass is 14.9. The smallest absolute Gasteiger partial charge is 0.0377 e. The van der Waals surface area contributed by atoms with Crippen molar-refractivity contribution in [3.8, 4) is 0 Å². The molecule has 0 fully saturated rings. The van der Waals surface area contributed by atoms with E-state index < -0.39 is 0 Å². The Kier molecular flexibility index (Phi) is 6.52. The van der Waals surface area contributed by atoms with Crippen LogP contribution in [0.3, 0.4) is 0 Å². The predicted molar refractivity (Wildman–Crippen MR) is 69.5 cm³/mol. The molecule has 1 N–H and O–H groups in total. The molecule has 1 heteroatoms. The lowest BCUT2D eigenvalue weighted by atomic mass is 10.1. The van der Waals surface area contributed by atoms with Crippen molar-refractivity contribution >= 4 is 0 Å². The van der Waals surface area contributed by atoms with E-state index in [-0.39, 0.29) is 0 Å². The van der Waals surface area contributed by atoms with Crippen molar-refractivity contribution in [1.29, 1.82) is 0 Å². The summed E-state index contributed by atoms with van der Waals surface area (Å²) in [5.41, 5.74) is 4.94. The van der Waals surface area contributed by atoms with Gasteiger partial charge in [0.25, 0.3) is 0 Å². The Labute approximate surface area is 94.3 Å². The average molecular weight is 205 g/mol. The molecule has 0 aromatic heterocycles. The van der Waals surface area contributed by atoms with Gasteiger partial charge < -0.3 is 5.32 Å². The predicted octanol–water partition coefficient (Wildman–Crippen LogP) is 4.32. The molecule has 84 valence electrons. The third kappa shape index (κ3) is 4.68. The molecule has 1 heterocycles. The van der Waals surface area contributed by atoms with Crippen LogP contribution < -0.4 is 5.32 Å². The number of nitrogens with one attached hydrogen (secondary N) is 1. The summed E-state index contributed by atoms with van der Waals surface area (Å²) in [6, 6.07) is 0. The molecule has 0 unspecified atom stereocenters. The lowest BCUT2D eigenvalue weighted by Gasteiger charge is -2.00. The van der Waals surface area contributed by atoms with Gasteiger partial charge in [-0.05, 0) is 38.0 Å². The van der Waals surface area contributed by atoms with Crippen LogP contribution in [0.25, 0.3) is 0 Å². The standard InChI is InChI=1S/C12H17N.C2H6/c1-5-6-9(2)7-12-10(3)8-11(4)13-12;1-2/h5-7,13H,4,8H2,1-3H3;1-2H3/b6-5-,9-7-;. The van der Waals surface area contributed by atoms with Gasteiger partial charge in [-0.1, -0.05) is 32.6 Å². The third-order valence-corrected chi connectivity index (χ3v) is 2.05. The fourth-order valence-corrected chi connectivity index (χ4v) is 1.45. The maximum Gasteiger partial charge on any atom is 0.0377 e. The van der Waals surface area contributed by atoms with Gasteiger partial charge in [-0.15, -0.1) is 0 Å². The van der Waals surface area contributed by atoms with Gasteiger partial charge in [0.2, 0.25) is 0 Å². The summed E-state index contributed by atoms with van der Waals surface area (Å²) in [5.74, 6) is 0. The van der Waals surface area contributed by atoms with Crippen LogP contribution in [0, 0.1) is 0 Å². The Morgan fingerprint density at radius 3 is 2.40 bits per heavy atom. The van der Waals surface area contributed by atoms with Crippen LogP contribution in [0.1, 0.15) is 41.0 Å². The number of allylic oxidation sites excluding steroid dienone is 5. The van der Waals surface area contributed by atoms with E-state index >= 15 is 0 Å². The molecule has 1 nitrogen and oxygen atoms in total. The Bertz CT molecular complexity index is 303. The van der Waals surface area contributed by atoms with Crippen LogP contribution >= 0.6 is 0 Å². The zero-order chi connectivity index (χ0) is 11.8. The Hall–Kier alpha value is -1.24. The molecule has 0 aromatic rings. The van der Waals surface area contributed by atoms with Gasteiger partial charge in [-0.25, -0.2) is 0 Å². The summed E-state index contributed by atoms with van der Waals surface area (Å²) < 4.78 is 0. The van der Waals surface area contributed by atoms with Gasteiger partial charge in [-0.2, -0.15) is 0 Å². The van der Waals surface area contributed by atoms with E-state index in [2.05, 4.69) is 37.9 Å². The van der Waals surface area contributed by atoms with E-state index in [1.54, 1.807) is 0 Å². The van der Waals surface area contributed by atoms with E-state index in [0.717, 1.165) is 12.1 Å². The highest BCUT2D eigenvalue weighted by molar-refractivity contribution is 5.38. The van der Waals surface area contributed by atoms with Crippen LogP contribution in [0.4, 0.5) is 0 Å². The van der Waals surface area contributed by atoms with Gasteiger partial charge in [0.15, 0.2) is 0 Å². The van der Waals surface area contributed by atoms with Crippen LogP contribution in [-0.2, 0) is 0 Å². The summed E-state index contributed by atoms with van der Waals surface area (Å²) >= 11 is 0. The molecule has 0 amide bonds. The first-order valence-electron chi connectivity index (χ1n) is 5.59. The molecule has 1 aliphatic rings. The van der Waals surface area contributed by atoms with Gasteiger partial charge in [0.1, 0.15) is 0 Å². The Morgan fingerprint density at radius 2 is 2.00 bits per heavy atom. The van der Waals surface area contributed by atoms with Crippen LogP contribution in [0.5, 0.6) is 0 Å². The molecule has 0 saturated carbocycles. The van der Waals surface area contributed by atoms with Gasteiger partial charge in [-0.3, -0.25) is 0 Å². The van der Waals surface area contributed by atoms with Crippen molar-refractivity contribution in [2.24, 2.45) is 0 Å². The molecule has 15 heavy (non-hydrogen) atoms. The highest BCUT2D eigenvalue weighted by Crippen LogP contribution is 2.21. The van der Waals surface area contributed by atoms with Gasteiger partial charge in [0, 0.05) is 17.8 Å². The first kappa shape index (κ1) is 13.8. The van der Waals surface area contributed by atoms with Crippen LogP contribution in [-0.4, -0.2) is 0 Å². The number of hydrogen-bond donors (Lipinski definition) is 1. The second-order valence-electron chi connectivity index (χ2n) is 3.49. The monoisotopic (exact) mass is 205 g/mol. The summed E-state index contributed by atoms with van der Waals surface area (Å²) in [6.45, 7) is 14.2. The molecule has 0 aliphatic carbocycles. The molecule has 0 atom stereocenters. The SMILES string of the molecule is C=C1CC(C)=C(/C=C(C)\C=C/C)N1.CC. The van der Waals surface area contributed by atoms with Crippen LogP contribution in [0.15, 0.2) is 47.3 Å². The minimum Gasteiger partial charge on any atom is -0.359 e. The topological polar surface area (TPSA) is 12.0 Å². The molecule has 0 bridgehead atoms. The number of hydrogen-bond acceptors (Lipinski definition) is 1. The minimum absolute atomic E-state index is 0.981. The molecular weight excluding hydrogens is 182 g/mol. The zero-order valence-electron chi connectivity index (χ0n) is 10.6. The number of rotatable bonds is 2. The van der Waals surface area contributed by atoms with Gasteiger partial charge in [0.05, 0.1) is 0 Å². The first-order chi connectivity index (χ1) is 7.13. The van der Waals surface area contributed by atoms with Gasteiger partial charge >= 0.3 is 0 Å². The molecule has 0 spiro atoms. The molecular formula is C14H23N. The Morgan fingerprint density at radius 1 is 1.40 bits per heavy atom. The van der Waals surface area contributed by atoms with Crippen molar-refractivity contribution in [1.82, 2.24) is 5.32 Å². The normalized spacial score (nSPS) is 16.6. The van der Waals surface area contributed by atoms with Crippen molar-refractivity contribution in [3.05, 3.63) is 47.3 Å².